The minimum atomic E-state index is 0.0546. The summed E-state index contributed by atoms with van der Waals surface area (Å²) < 4.78 is 0. The Labute approximate surface area is 115 Å². The zero-order valence-corrected chi connectivity index (χ0v) is 11.5. The zero-order chi connectivity index (χ0) is 13.1. The van der Waals surface area contributed by atoms with E-state index >= 15 is 0 Å². The quantitative estimate of drug-likeness (QED) is 0.876. The van der Waals surface area contributed by atoms with Gasteiger partial charge in [0.25, 0.3) is 0 Å². The molecule has 0 aliphatic carbocycles. The first-order valence-electron chi connectivity index (χ1n) is 7.16. The van der Waals surface area contributed by atoms with Gasteiger partial charge in [0.15, 0.2) is 0 Å². The summed E-state index contributed by atoms with van der Waals surface area (Å²) in [5.41, 5.74) is 2.86. The second-order valence-electron chi connectivity index (χ2n) is 5.58. The van der Waals surface area contributed by atoms with Crippen molar-refractivity contribution in [1.82, 2.24) is 5.32 Å². The maximum absolute atomic E-state index is 3.69. The molecule has 0 bridgehead atoms. The molecule has 0 unspecified atom stereocenters. The van der Waals surface area contributed by atoms with Crippen LogP contribution in [0.2, 0.25) is 0 Å². The fourth-order valence-corrected chi connectivity index (χ4v) is 3.32. The summed E-state index contributed by atoms with van der Waals surface area (Å²) in [7, 11) is 0. The highest BCUT2D eigenvalue weighted by Gasteiger charge is 2.38. The Morgan fingerprint density at radius 1 is 0.895 bits per heavy atom. The van der Waals surface area contributed by atoms with Crippen LogP contribution in [0.5, 0.6) is 0 Å². The van der Waals surface area contributed by atoms with Crippen molar-refractivity contribution in [3.05, 3.63) is 71.8 Å². The van der Waals surface area contributed by atoms with Crippen LogP contribution in [0.3, 0.4) is 0 Å². The van der Waals surface area contributed by atoms with Crippen molar-refractivity contribution >= 4 is 0 Å². The summed E-state index contributed by atoms with van der Waals surface area (Å²) in [6.07, 6.45) is 2.53. The van der Waals surface area contributed by atoms with Crippen LogP contribution in [0.15, 0.2) is 60.7 Å². The molecule has 2 aromatic carbocycles. The highest BCUT2D eigenvalue weighted by Crippen LogP contribution is 2.38. The Hall–Kier alpha value is -1.60. The van der Waals surface area contributed by atoms with E-state index in [2.05, 4.69) is 72.9 Å². The maximum atomic E-state index is 3.69. The second kappa shape index (κ2) is 5.18. The molecule has 1 saturated heterocycles. The first kappa shape index (κ1) is 12.4. The molecule has 19 heavy (non-hydrogen) atoms. The van der Waals surface area contributed by atoms with Crippen LogP contribution in [0.4, 0.5) is 0 Å². The summed E-state index contributed by atoms with van der Waals surface area (Å²) in [5, 5.41) is 3.69. The fourth-order valence-electron chi connectivity index (χ4n) is 3.32. The van der Waals surface area contributed by atoms with Crippen LogP contribution in [0.25, 0.3) is 0 Å². The molecule has 1 aliphatic rings. The summed E-state index contributed by atoms with van der Waals surface area (Å²) in [4.78, 5) is 0. The lowest BCUT2D eigenvalue weighted by Crippen LogP contribution is -2.43. The minimum absolute atomic E-state index is 0.0546. The Morgan fingerprint density at radius 3 is 1.84 bits per heavy atom. The van der Waals surface area contributed by atoms with Crippen molar-refractivity contribution in [2.75, 3.05) is 6.54 Å². The molecule has 1 heterocycles. The van der Waals surface area contributed by atoms with Gasteiger partial charge in [0.2, 0.25) is 0 Å². The molecule has 0 radical (unpaired) electrons. The van der Waals surface area contributed by atoms with Crippen molar-refractivity contribution in [2.45, 2.75) is 31.2 Å². The monoisotopic (exact) mass is 251 g/mol. The van der Waals surface area contributed by atoms with Gasteiger partial charge in [-0.2, -0.15) is 0 Å². The molecule has 1 heteroatoms. The van der Waals surface area contributed by atoms with E-state index in [9.17, 15) is 0 Å². The van der Waals surface area contributed by atoms with Crippen molar-refractivity contribution in [3.63, 3.8) is 0 Å². The molecule has 0 amide bonds. The number of benzene rings is 2. The van der Waals surface area contributed by atoms with Gasteiger partial charge < -0.3 is 5.32 Å². The number of nitrogens with one attached hydrogen (secondary N) is 1. The third-order valence-corrected chi connectivity index (χ3v) is 4.50. The number of rotatable bonds is 3. The molecule has 0 saturated carbocycles. The lowest BCUT2D eigenvalue weighted by atomic mass is 9.70. The van der Waals surface area contributed by atoms with Crippen molar-refractivity contribution < 1.29 is 0 Å². The van der Waals surface area contributed by atoms with Gasteiger partial charge in [0, 0.05) is 11.5 Å². The third kappa shape index (κ3) is 2.19. The summed E-state index contributed by atoms with van der Waals surface area (Å²) >= 11 is 0. The Bertz CT molecular complexity index is 472. The van der Waals surface area contributed by atoms with E-state index in [4.69, 9.17) is 0 Å². The van der Waals surface area contributed by atoms with Gasteiger partial charge >= 0.3 is 0 Å². The highest BCUT2D eigenvalue weighted by molar-refractivity contribution is 5.40. The van der Waals surface area contributed by atoms with E-state index in [0.29, 0.717) is 6.04 Å². The number of hydrogen-bond acceptors (Lipinski definition) is 1. The average molecular weight is 251 g/mol. The maximum Gasteiger partial charge on any atom is 0.0327 e. The van der Waals surface area contributed by atoms with Crippen LogP contribution < -0.4 is 5.32 Å². The van der Waals surface area contributed by atoms with E-state index in [1.54, 1.807) is 0 Å². The molecule has 1 atom stereocenters. The summed E-state index contributed by atoms with van der Waals surface area (Å²) in [5.74, 6) is 0. The van der Waals surface area contributed by atoms with Crippen molar-refractivity contribution in [3.8, 4) is 0 Å². The standard InChI is InChI=1S/C18H21N/c1-18(17-13-8-14-19-17,15-9-4-2-5-10-15)16-11-6-3-7-12-16/h2-7,9-12,17,19H,8,13-14H2,1H3/t17-/m0/s1. The third-order valence-electron chi connectivity index (χ3n) is 4.50. The topological polar surface area (TPSA) is 12.0 Å². The molecule has 3 rings (SSSR count). The Balaban J connectivity index is 2.10. The molecular weight excluding hydrogens is 230 g/mol. The lowest BCUT2D eigenvalue weighted by Gasteiger charge is -2.37. The predicted octanol–water partition coefficient (Wildman–Crippen LogP) is 3.74. The van der Waals surface area contributed by atoms with Gasteiger partial charge in [-0.15, -0.1) is 0 Å². The molecular formula is C18H21N. The molecule has 1 fully saturated rings. The lowest BCUT2D eigenvalue weighted by molar-refractivity contribution is 0.407. The Morgan fingerprint density at radius 2 is 1.42 bits per heavy atom. The van der Waals surface area contributed by atoms with Crippen molar-refractivity contribution in [1.29, 1.82) is 0 Å². The highest BCUT2D eigenvalue weighted by atomic mass is 15.0. The molecule has 0 spiro atoms. The molecule has 98 valence electrons. The van der Waals surface area contributed by atoms with E-state index < -0.39 is 0 Å². The van der Waals surface area contributed by atoms with Gasteiger partial charge in [-0.1, -0.05) is 60.7 Å². The average Bonchev–Trinajstić information content (AvgIpc) is 3.03. The predicted molar refractivity (Wildman–Crippen MR) is 80.4 cm³/mol. The van der Waals surface area contributed by atoms with Crippen LogP contribution >= 0.6 is 0 Å². The Kier molecular flexibility index (Phi) is 3.39. The van der Waals surface area contributed by atoms with E-state index in [-0.39, 0.29) is 5.41 Å². The van der Waals surface area contributed by atoms with Crippen LogP contribution in [-0.4, -0.2) is 12.6 Å². The minimum Gasteiger partial charge on any atom is -0.313 e. The first-order valence-corrected chi connectivity index (χ1v) is 7.16. The fraction of sp³-hybridized carbons (Fsp3) is 0.333. The first-order chi connectivity index (χ1) is 9.32. The molecule has 1 N–H and O–H groups in total. The number of hydrogen-bond donors (Lipinski definition) is 1. The van der Waals surface area contributed by atoms with Gasteiger partial charge in [0.05, 0.1) is 0 Å². The summed E-state index contributed by atoms with van der Waals surface area (Å²) in [6.45, 7) is 3.51. The van der Waals surface area contributed by atoms with Gasteiger partial charge in [0.1, 0.15) is 0 Å². The molecule has 1 nitrogen and oxygen atoms in total. The van der Waals surface area contributed by atoms with Gasteiger partial charge in [-0.3, -0.25) is 0 Å². The van der Waals surface area contributed by atoms with Gasteiger partial charge in [-0.05, 0) is 37.4 Å². The normalized spacial score (nSPS) is 19.5. The zero-order valence-electron chi connectivity index (χ0n) is 11.5. The van der Waals surface area contributed by atoms with Crippen molar-refractivity contribution in [2.24, 2.45) is 0 Å². The largest absolute Gasteiger partial charge is 0.313 e. The van der Waals surface area contributed by atoms with Gasteiger partial charge in [-0.25, -0.2) is 0 Å². The van der Waals surface area contributed by atoms with Crippen LogP contribution in [0.1, 0.15) is 30.9 Å². The van der Waals surface area contributed by atoms with Crippen LogP contribution in [-0.2, 0) is 5.41 Å². The van der Waals surface area contributed by atoms with E-state index in [1.165, 1.54) is 24.0 Å². The summed E-state index contributed by atoms with van der Waals surface area (Å²) in [6, 6.07) is 22.3. The second-order valence-corrected chi connectivity index (χ2v) is 5.58. The molecule has 1 aliphatic heterocycles. The van der Waals surface area contributed by atoms with E-state index in [1.807, 2.05) is 0 Å². The smallest absolute Gasteiger partial charge is 0.0327 e. The van der Waals surface area contributed by atoms with E-state index in [0.717, 1.165) is 6.54 Å². The van der Waals surface area contributed by atoms with Crippen LogP contribution in [0, 0.1) is 0 Å². The molecule has 2 aromatic rings. The molecule has 0 aromatic heterocycles. The SMILES string of the molecule is CC(c1ccccc1)(c1ccccc1)[C@@H]1CCCN1.